The molecule has 0 spiro atoms. The summed E-state index contributed by atoms with van der Waals surface area (Å²) in [5, 5.41) is 0. The molecule has 2 heterocycles. The van der Waals surface area contributed by atoms with Crippen molar-refractivity contribution in [2.75, 3.05) is 23.1 Å². The minimum atomic E-state index is 0.0428. The van der Waals surface area contributed by atoms with Gasteiger partial charge < -0.3 is 5.43 Å². The normalized spacial score (nSPS) is 14.9. The van der Waals surface area contributed by atoms with Crippen molar-refractivity contribution in [3.05, 3.63) is 5.82 Å². The van der Waals surface area contributed by atoms with Gasteiger partial charge in [-0.1, -0.05) is 6.92 Å². The van der Waals surface area contributed by atoms with Crippen molar-refractivity contribution in [3.8, 4) is 0 Å². The maximum atomic E-state index is 11.5. The van der Waals surface area contributed by atoms with Gasteiger partial charge in [-0.15, -0.1) is 11.8 Å². The molecule has 0 bridgehead atoms. The second-order valence-corrected chi connectivity index (χ2v) is 4.37. The number of nitrogens with two attached hydrogens (primary N) is 1. The zero-order chi connectivity index (χ0) is 11.7. The Morgan fingerprint density at radius 2 is 2.31 bits per heavy atom. The summed E-state index contributed by atoms with van der Waals surface area (Å²) in [6, 6.07) is 0. The number of thioether (sulfide) groups is 1. The van der Waals surface area contributed by atoms with Crippen LogP contribution >= 0.6 is 11.8 Å². The Hall–Kier alpha value is -1.34. The maximum Gasteiger partial charge on any atom is 0.238 e. The summed E-state index contributed by atoms with van der Waals surface area (Å²) >= 11 is 1.41. The maximum absolute atomic E-state index is 11.5. The standard InChI is InChI=1S/C9H13N5OS/c1-3-5-11-8(13-10)7-9(12-5)14(2)6(15)4-16-7/h3-4,10H2,1-2H3,(H,11,12,13). The summed E-state index contributed by atoms with van der Waals surface area (Å²) in [6.45, 7) is 1.96. The quantitative estimate of drug-likeness (QED) is 0.574. The minimum absolute atomic E-state index is 0.0428. The molecule has 0 atom stereocenters. The lowest BCUT2D eigenvalue weighted by atomic mass is 10.4. The Kier molecular flexibility index (Phi) is 2.97. The molecule has 1 aromatic rings. The first-order chi connectivity index (χ1) is 7.67. The number of nitrogens with zero attached hydrogens (tertiary/aromatic N) is 3. The van der Waals surface area contributed by atoms with Crippen molar-refractivity contribution >= 4 is 29.3 Å². The molecule has 1 aromatic heterocycles. The number of anilines is 2. The van der Waals surface area contributed by atoms with Gasteiger partial charge in [0.2, 0.25) is 5.91 Å². The van der Waals surface area contributed by atoms with Gasteiger partial charge in [0.1, 0.15) is 5.82 Å². The fourth-order valence-electron chi connectivity index (χ4n) is 1.45. The van der Waals surface area contributed by atoms with Crippen molar-refractivity contribution in [2.24, 2.45) is 5.84 Å². The average Bonchev–Trinajstić information content (AvgIpc) is 2.32. The van der Waals surface area contributed by atoms with E-state index in [0.29, 0.717) is 29.6 Å². The number of aromatic nitrogens is 2. The fraction of sp³-hybridized carbons (Fsp3) is 0.444. The summed E-state index contributed by atoms with van der Waals surface area (Å²) in [5.41, 5.74) is 2.56. The Morgan fingerprint density at radius 1 is 1.56 bits per heavy atom. The number of carbonyl (C=O) groups excluding carboxylic acids is 1. The molecule has 0 fully saturated rings. The number of carbonyl (C=O) groups is 1. The highest BCUT2D eigenvalue weighted by atomic mass is 32.2. The molecular weight excluding hydrogens is 226 g/mol. The summed E-state index contributed by atoms with van der Waals surface area (Å²) in [4.78, 5) is 22.6. The molecule has 16 heavy (non-hydrogen) atoms. The van der Waals surface area contributed by atoms with Crippen LogP contribution in [0.2, 0.25) is 0 Å². The third-order valence-corrected chi connectivity index (χ3v) is 3.43. The number of nitrogens with one attached hydrogen (secondary N) is 1. The molecule has 0 aromatic carbocycles. The molecule has 3 N–H and O–H groups in total. The topological polar surface area (TPSA) is 84.1 Å². The highest BCUT2D eigenvalue weighted by Crippen LogP contribution is 2.37. The Bertz CT molecular complexity index is 436. The number of amides is 1. The van der Waals surface area contributed by atoms with Gasteiger partial charge in [-0.2, -0.15) is 0 Å². The number of fused-ring (bicyclic) bond motifs is 1. The summed E-state index contributed by atoms with van der Waals surface area (Å²) in [5.74, 6) is 7.76. The van der Waals surface area contributed by atoms with E-state index in [4.69, 9.17) is 5.84 Å². The van der Waals surface area contributed by atoms with Gasteiger partial charge >= 0.3 is 0 Å². The van der Waals surface area contributed by atoms with Gasteiger partial charge in [-0.05, 0) is 0 Å². The summed E-state index contributed by atoms with van der Waals surface area (Å²) in [7, 11) is 1.72. The van der Waals surface area contributed by atoms with E-state index >= 15 is 0 Å². The van der Waals surface area contributed by atoms with Crippen LogP contribution < -0.4 is 16.2 Å². The van der Waals surface area contributed by atoms with E-state index in [9.17, 15) is 4.79 Å². The molecule has 0 unspecified atom stereocenters. The van der Waals surface area contributed by atoms with Crippen LogP contribution in [0.15, 0.2) is 4.90 Å². The molecule has 1 aliphatic rings. The number of hydrogen-bond donors (Lipinski definition) is 2. The lowest BCUT2D eigenvalue weighted by Crippen LogP contribution is -2.33. The van der Waals surface area contributed by atoms with E-state index in [0.717, 1.165) is 4.90 Å². The van der Waals surface area contributed by atoms with Crippen LogP contribution in [0, 0.1) is 0 Å². The third-order valence-electron chi connectivity index (χ3n) is 2.38. The summed E-state index contributed by atoms with van der Waals surface area (Å²) in [6.07, 6.45) is 0.703. The molecule has 0 saturated carbocycles. The van der Waals surface area contributed by atoms with Crippen LogP contribution in [0.5, 0.6) is 0 Å². The molecule has 1 aliphatic heterocycles. The highest BCUT2D eigenvalue weighted by Gasteiger charge is 2.26. The molecule has 2 rings (SSSR count). The minimum Gasteiger partial charge on any atom is -0.307 e. The monoisotopic (exact) mass is 239 g/mol. The highest BCUT2D eigenvalue weighted by molar-refractivity contribution is 8.00. The lowest BCUT2D eigenvalue weighted by Gasteiger charge is -2.25. The first-order valence-corrected chi connectivity index (χ1v) is 5.92. The molecule has 0 aliphatic carbocycles. The molecule has 1 amide bonds. The Balaban J connectivity index is 2.56. The number of hydrogen-bond acceptors (Lipinski definition) is 6. The Labute approximate surface area is 97.6 Å². The fourth-order valence-corrected chi connectivity index (χ4v) is 2.46. The second-order valence-electron chi connectivity index (χ2n) is 3.38. The van der Waals surface area contributed by atoms with Crippen LogP contribution in [-0.2, 0) is 11.2 Å². The number of nitrogen functional groups attached to an aromatic ring is 1. The second kappa shape index (κ2) is 4.26. The molecule has 6 nitrogen and oxygen atoms in total. The van der Waals surface area contributed by atoms with Gasteiger partial charge in [0.25, 0.3) is 0 Å². The largest absolute Gasteiger partial charge is 0.307 e. The van der Waals surface area contributed by atoms with Crippen molar-refractivity contribution in [3.63, 3.8) is 0 Å². The van der Waals surface area contributed by atoms with Gasteiger partial charge in [-0.3, -0.25) is 9.69 Å². The van der Waals surface area contributed by atoms with Crippen LogP contribution in [0.1, 0.15) is 12.7 Å². The van der Waals surface area contributed by atoms with E-state index in [-0.39, 0.29) is 5.91 Å². The van der Waals surface area contributed by atoms with Crippen LogP contribution in [0.25, 0.3) is 0 Å². The van der Waals surface area contributed by atoms with Gasteiger partial charge in [0.15, 0.2) is 11.6 Å². The third kappa shape index (κ3) is 1.72. The van der Waals surface area contributed by atoms with E-state index < -0.39 is 0 Å². The molecule has 7 heteroatoms. The van der Waals surface area contributed by atoms with E-state index in [1.807, 2.05) is 6.92 Å². The SMILES string of the molecule is CCc1nc(NN)c2c(n1)N(C)C(=O)CS2. The Morgan fingerprint density at radius 3 is 2.94 bits per heavy atom. The number of hydrazine groups is 1. The number of aryl methyl sites for hydroxylation is 1. The summed E-state index contributed by atoms with van der Waals surface area (Å²) < 4.78 is 0. The first-order valence-electron chi connectivity index (χ1n) is 4.94. The average molecular weight is 239 g/mol. The predicted octanol–water partition coefficient (Wildman–Crippen LogP) is 0.393. The molecule has 0 saturated heterocycles. The van der Waals surface area contributed by atoms with Crippen LogP contribution in [0.4, 0.5) is 11.6 Å². The predicted molar refractivity (Wildman–Crippen MR) is 63.4 cm³/mol. The van der Waals surface area contributed by atoms with E-state index in [1.54, 1.807) is 11.9 Å². The van der Waals surface area contributed by atoms with Gasteiger partial charge in [-0.25, -0.2) is 15.8 Å². The molecule has 0 radical (unpaired) electrons. The van der Waals surface area contributed by atoms with Gasteiger partial charge in [0.05, 0.1) is 10.6 Å². The molecule has 86 valence electrons. The van der Waals surface area contributed by atoms with E-state index in [1.165, 1.54) is 11.8 Å². The van der Waals surface area contributed by atoms with Crippen molar-refractivity contribution in [1.82, 2.24) is 9.97 Å². The first kappa shape index (κ1) is 11.2. The van der Waals surface area contributed by atoms with Gasteiger partial charge in [0, 0.05) is 13.5 Å². The van der Waals surface area contributed by atoms with Crippen molar-refractivity contribution < 1.29 is 4.79 Å². The number of rotatable bonds is 2. The smallest absolute Gasteiger partial charge is 0.238 e. The zero-order valence-electron chi connectivity index (χ0n) is 9.15. The lowest BCUT2D eigenvalue weighted by molar-refractivity contribution is -0.116. The van der Waals surface area contributed by atoms with E-state index in [2.05, 4.69) is 15.4 Å². The molecular formula is C9H13N5OS. The van der Waals surface area contributed by atoms with Crippen molar-refractivity contribution in [1.29, 1.82) is 0 Å². The van der Waals surface area contributed by atoms with Crippen molar-refractivity contribution in [2.45, 2.75) is 18.2 Å². The zero-order valence-corrected chi connectivity index (χ0v) is 9.97. The van der Waals surface area contributed by atoms with Crippen LogP contribution in [0.3, 0.4) is 0 Å². The van der Waals surface area contributed by atoms with Crippen LogP contribution in [-0.4, -0.2) is 28.7 Å².